The molecule has 0 unspecified atom stereocenters. The molecule has 0 atom stereocenters. The molecule has 106 valence electrons. The summed E-state index contributed by atoms with van der Waals surface area (Å²) in [6, 6.07) is 12.5. The molecule has 0 fully saturated rings. The van der Waals surface area contributed by atoms with E-state index in [1.165, 1.54) is 6.07 Å². The molecule has 5 nitrogen and oxygen atoms in total. The van der Waals surface area contributed by atoms with E-state index in [0.717, 1.165) is 11.3 Å². The fraction of sp³-hybridized carbons (Fsp3) is 0.143. The summed E-state index contributed by atoms with van der Waals surface area (Å²) in [4.78, 5) is 0.128. The van der Waals surface area contributed by atoms with E-state index >= 15 is 0 Å². The highest BCUT2D eigenvalue weighted by molar-refractivity contribution is 7.89. The molecule has 2 aromatic rings. The van der Waals surface area contributed by atoms with E-state index < -0.39 is 10.0 Å². The Hall–Kier alpha value is -2.05. The summed E-state index contributed by atoms with van der Waals surface area (Å²) in [6.45, 7) is 2.23. The van der Waals surface area contributed by atoms with Gasteiger partial charge in [0.2, 0.25) is 10.0 Å². The van der Waals surface area contributed by atoms with Crippen molar-refractivity contribution >= 4 is 21.4 Å². The summed E-state index contributed by atoms with van der Waals surface area (Å²) in [5.41, 5.74) is 8.84. The minimum absolute atomic E-state index is 0.128. The molecule has 0 saturated heterocycles. The van der Waals surface area contributed by atoms with Crippen LogP contribution in [0.15, 0.2) is 47.4 Å². The van der Waals surface area contributed by atoms with E-state index in [-0.39, 0.29) is 4.90 Å². The van der Waals surface area contributed by atoms with Gasteiger partial charge in [0.05, 0.1) is 4.90 Å². The number of nitrogens with one attached hydrogen (secondary N) is 1. The number of hydrogen-bond acceptors (Lipinski definition) is 4. The van der Waals surface area contributed by atoms with Crippen LogP contribution in [0.1, 0.15) is 11.1 Å². The highest BCUT2D eigenvalue weighted by atomic mass is 32.2. The Labute approximate surface area is 118 Å². The van der Waals surface area contributed by atoms with Crippen LogP contribution in [0.2, 0.25) is 0 Å². The third kappa shape index (κ3) is 3.09. The van der Waals surface area contributed by atoms with Gasteiger partial charge in [-0.1, -0.05) is 24.3 Å². The molecule has 5 N–H and O–H groups in total. The van der Waals surface area contributed by atoms with Crippen molar-refractivity contribution in [2.45, 2.75) is 18.4 Å². The SMILES string of the molecule is Cc1c(NCc2ccccc2N)cccc1S(N)(=O)=O. The van der Waals surface area contributed by atoms with Gasteiger partial charge in [0.1, 0.15) is 0 Å². The van der Waals surface area contributed by atoms with Gasteiger partial charge in [0.15, 0.2) is 0 Å². The van der Waals surface area contributed by atoms with Gasteiger partial charge in [0.25, 0.3) is 0 Å². The van der Waals surface area contributed by atoms with Crippen molar-refractivity contribution in [1.29, 1.82) is 0 Å². The maximum atomic E-state index is 11.5. The van der Waals surface area contributed by atoms with Gasteiger partial charge >= 0.3 is 0 Å². The molecule has 2 aromatic carbocycles. The fourth-order valence-electron chi connectivity index (χ4n) is 2.00. The van der Waals surface area contributed by atoms with E-state index in [9.17, 15) is 8.42 Å². The Kier molecular flexibility index (Phi) is 3.96. The molecule has 0 spiro atoms. The van der Waals surface area contributed by atoms with E-state index in [4.69, 9.17) is 10.9 Å². The lowest BCUT2D eigenvalue weighted by Gasteiger charge is -2.13. The van der Waals surface area contributed by atoms with Crippen LogP contribution in [0, 0.1) is 6.92 Å². The first-order valence-electron chi connectivity index (χ1n) is 6.09. The molecule has 0 radical (unpaired) electrons. The molecule has 0 heterocycles. The van der Waals surface area contributed by atoms with E-state index in [2.05, 4.69) is 5.32 Å². The van der Waals surface area contributed by atoms with Crippen LogP contribution in [-0.2, 0) is 16.6 Å². The number of primary sulfonamides is 1. The molecular formula is C14H17N3O2S. The lowest BCUT2D eigenvalue weighted by atomic mass is 10.1. The Morgan fingerprint density at radius 2 is 1.80 bits per heavy atom. The minimum atomic E-state index is -3.71. The first kappa shape index (κ1) is 14.4. The maximum Gasteiger partial charge on any atom is 0.238 e. The average Bonchev–Trinajstić information content (AvgIpc) is 2.38. The zero-order chi connectivity index (χ0) is 14.8. The van der Waals surface area contributed by atoms with Crippen molar-refractivity contribution in [1.82, 2.24) is 0 Å². The maximum absolute atomic E-state index is 11.5. The second kappa shape index (κ2) is 5.52. The molecule has 0 bridgehead atoms. The van der Waals surface area contributed by atoms with Crippen molar-refractivity contribution in [3.8, 4) is 0 Å². The van der Waals surface area contributed by atoms with Crippen LogP contribution in [0.3, 0.4) is 0 Å². The minimum Gasteiger partial charge on any atom is -0.398 e. The van der Waals surface area contributed by atoms with Crippen LogP contribution in [0.4, 0.5) is 11.4 Å². The predicted molar refractivity (Wildman–Crippen MR) is 80.7 cm³/mol. The number of nitrogen functional groups attached to an aromatic ring is 1. The van der Waals surface area contributed by atoms with E-state index in [0.29, 0.717) is 17.8 Å². The summed E-state index contributed by atoms with van der Waals surface area (Å²) in [7, 11) is -3.71. The summed E-state index contributed by atoms with van der Waals surface area (Å²) >= 11 is 0. The van der Waals surface area contributed by atoms with Crippen molar-refractivity contribution in [3.05, 3.63) is 53.6 Å². The molecule has 0 aliphatic rings. The van der Waals surface area contributed by atoms with Gasteiger partial charge in [-0.25, -0.2) is 13.6 Å². The standard InChI is InChI=1S/C14H17N3O2S/c1-10-13(7-4-8-14(10)20(16,18)19)17-9-11-5-2-3-6-12(11)15/h2-8,17H,9,15H2,1H3,(H2,16,18,19). The van der Waals surface area contributed by atoms with E-state index in [1.54, 1.807) is 13.0 Å². The van der Waals surface area contributed by atoms with Gasteiger partial charge in [0, 0.05) is 17.9 Å². The van der Waals surface area contributed by atoms with Crippen LogP contribution in [0.5, 0.6) is 0 Å². The summed E-state index contributed by atoms with van der Waals surface area (Å²) < 4.78 is 22.9. The van der Waals surface area contributed by atoms with Crippen molar-refractivity contribution < 1.29 is 8.42 Å². The summed E-state index contributed by atoms with van der Waals surface area (Å²) in [6.07, 6.45) is 0. The van der Waals surface area contributed by atoms with Crippen molar-refractivity contribution in [2.24, 2.45) is 5.14 Å². The van der Waals surface area contributed by atoms with Gasteiger partial charge in [-0.05, 0) is 36.2 Å². The fourth-order valence-corrected chi connectivity index (χ4v) is 2.80. The molecule has 0 saturated carbocycles. The summed E-state index contributed by atoms with van der Waals surface area (Å²) in [5.74, 6) is 0. The quantitative estimate of drug-likeness (QED) is 0.748. The topological polar surface area (TPSA) is 98.2 Å². The number of hydrogen-bond donors (Lipinski definition) is 3. The zero-order valence-electron chi connectivity index (χ0n) is 11.1. The second-order valence-electron chi connectivity index (χ2n) is 4.53. The third-order valence-corrected chi connectivity index (χ3v) is 4.17. The zero-order valence-corrected chi connectivity index (χ0v) is 11.9. The molecular weight excluding hydrogens is 274 g/mol. The van der Waals surface area contributed by atoms with Gasteiger partial charge in [-0.2, -0.15) is 0 Å². The Morgan fingerprint density at radius 1 is 1.10 bits per heavy atom. The first-order valence-corrected chi connectivity index (χ1v) is 7.64. The molecule has 2 rings (SSSR count). The van der Waals surface area contributed by atoms with Crippen LogP contribution < -0.4 is 16.2 Å². The molecule has 0 aliphatic heterocycles. The molecule has 0 aromatic heterocycles. The lowest BCUT2D eigenvalue weighted by molar-refractivity contribution is 0.597. The molecule has 20 heavy (non-hydrogen) atoms. The molecule has 0 aliphatic carbocycles. The van der Waals surface area contributed by atoms with Crippen molar-refractivity contribution in [2.75, 3.05) is 11.1 Å². The van der Waals surface area contributed by atoms with Crippen LogP contribution in [0.25, 0.3) is 0 Å². The van der Waals surface area contributed by atoms with Gasteiger partial charge in [-0.3, -0.25) is 0 Å². The predicted octanol–water partition coefficient (Wildman–Crippen LogP) is 1.84. The highest BCUT2D eigenvalue weighted by Crippen LogP contribution is 2.23. The first-order chi connectivity index (χ1) is 9.39. The smallest absolute Gasteiger partial charge is 0.238 e. The molecule has 0 amide bonds. The largest absolute Gasteiger partial charge is 0.398 e. The number of sulfonamides is 1. The second-order valence-corrected chi connectivity index (χ2v) is 6.06. The van der Waals surface area contributed by atoms with E-state index in [1.807, 2.05) is 30.3 Å². The normalized spacial score (nSPS) is 11.3. The molecule has 6 heteroatoms. The number of rotatable bonds is 4. The van der Waals surface area contributed by atoms with Crippen LogP contribution in [-0.4, -0.2) is 8.42 Å². The highest BCUT2D eigenvalue weighted by Gasteiger charge is 2.13. The van der Waals surface area contributed by atoms with Crippen molar-refractivity contribution in [3.63, 3.8) is 0 Å². The van der Waals surface area contributed by atoms with Crippen LogP contribution >= 0.6 is 0 Å². The number of para-hydroxylation sites is 1. The summed E-state index contributed by atoms with van der Waals surface area (Å²) in [5, 5.41) is 8.36. The monoisotopic (exact) mass is 291 g/mol. The van der Waals surface area contributed by atoms with Gasteiger partial charge < -0.3 is 11.1 Å². The number of nitrogens with two attached hydrogens (primary N) is 2. The Bertz CT molecular complexity index is 727. The third-order valence-electron chi connectivity index (χ3n) is 3.12. The average molecular weight is 291 g/mol. The Morgan fingerprint density at radius 3 is 2.45 bits per heavy atom. The van der Waals surface area contributed by atoms with Gasteiger partial charge in [-0.15, -0.1) is 0 Å². The lowest BCUT2D eigenvalue weighted by Crippen LogP contribution is -2.14. The number of anilines is 2. The Balaban J connectivity index is 2.25. The number of benzene rings is 2.